The fraction of sp³-hybridized carbons (Fsp3) is 0.480. The van der Waals surface area contributed by atoms with E-state index in [0.717, 1.165) is 31.9 Å². The van der Waals surface area contributed by atoms with Gasteiger partial charge in [-0.05, 0) is 36.4 Å². The van der Waals surface area contributed by atoms with Crippen LogP contribution in [0.25, 0.3) is 0 Å². The highest BCUT2D eigenvalue weighted by Crippen LogP contribution is 2.27. The number of aliphatic hydroxyl groups is 2. The minimum Gasteiger partial charge on any atom is -0.394 e. The number of amides is 1. The average molecular weight is 564 g/mol. The van der Waals surface area contributed by atoms with Gasteiger partial charge in [0, 0.05) is 63.8 Å². The molecule has 36 heavy (non-hydrogen) atoms. The second-order valence-electron chi connectivity index (χ2n) is 8.89. The number of ether oxygens (including phenoxy) is 1. The molecule has 2 aromatic carbocycles. The Labute approximate surface area is 231 Å². The van der Waals surface area contributed by atoms with Crippen LogP contribution in [0, 0.1) is 0 Å². The van der Waals surface area contributed by atoms with Gasteiger partial charge in [0.25, 0.3) is 5.91 Å². The first-order valence-corrected chi connectivity index (χ1v) is 11.5. The van der Waals surface area contributed by atoms with Gasteiger partial charge in [0.2, 0.25) is 0 Å². The fourth-order valence-corrected chi connectivity index (χ4v) is 4.72. The van der Waals surface area contributed by atoms with Crippen LogP contribution in [0.3, 0.4) is 0 Å². The summed E-state index contributed by atoms with van der Waals surface area (Å²) in [6, 6.07) is 17.4. The lowest BCUT2D eigenvalue weighted by atomic mass is 10.0. The maximum atomic E-state index is 12.7. The van der Waals surface area contributed by atoms with Crippen molar-refractivity contribution in [2.75, 3.05) is 63.2 Å². The van der Waals surface area contributed by atoms with Crippen LogP contribution in [-0.2, 0) is 4.74 Å². The maximum Gasteiger partial charge on any atom is 0.251 e. The molecule has 1 amide bonds. The summed E-state index contributed by atoms with van der Waals surface area (Å²) < 4.78 is 5.96. The maximum absolute atomic E-state index is 12.7. The molecule has 0 aliphatic carbocycles. The van der Waals surface area contributed by atoms with E-state index in [2.05, 4.69) is 27.2 Å². The number of piperazine rings is 1. The summed E-state index contributed by atoms with van der Waals surface area (Å²) in [5.74, 6) is -0.182. The van der Waals surface area contributed by atoms with Crippen LogP contribution in [-0.4, -0.2) is 98.8 Å². The molecular formula is C25H37Cl3N4O4. The molecule has 11 heteroatoms. The second-order valence-corrected chi connectivity index (χ2v) is 8.89. The molecule has 2 heterocycles. The second kappa shape index (κ2) is 14.8. The number of rotatable bonds is 7. The summed E-state index contributed by atoms with van der Waals surface area (Å²) in [6.07, 6.45) is -1.85. The van der Waals surface area contributed by atoms with Gasteiger partial charge in [0.15, 0.2) is 0 Å². The minimum absolute atomic E-state index is 0. The zero-order valence-electron chi connectivity index (χ0n) is 20.5. The van der Waals surface area contributed by atoms with Gasteiger partial charge >= 0.3 is 0 Å². The highest BCUT2D eigenvalue weighted by atomic mass is 35.5. The van der Waals surface area contributed by atoms with Crippen molar-refractivity contribution in [3.05, 3.63) is 60.2 Å². The molecule has 0 bridgehead atoms. The van der Waals surface area contributed by atoms with Gasteiger partial charge in [-0.1, -0.05) is 18.2 Å². The molecule has 2 saturated heterocycles. The van der Waals surface area contributed by atoms with Gasteiger partial charge < -0.3 is 30.1 Å². The predicted molar refractivity (Wildman–Crippen MR) is 151 cm³/mol. The van der Waals surface area contributed by atoms with E-state index in [1.54, 1.807) is 12.1 Å². The molecule has 0 saturated carbocycles. The molecule has 0 spiro atoms. The quantitative estimate of drug-likeness (QED) is 0.475. The molecule has 2 fully saturated rings. The SMILES string of the molecule is CN(C)c1ccc(C(=O)NC[C@H]2O[C@@H](CO)[C@@H](O)[C@H]2N2CCN(c3ccccc3)CC2)cc1.Cl.Cl.Cl. The number of anilines is 2. The first-order valence-electron chi connectivity index (χ1n) is 11.5. The van der Waals surface area contributed by atoms with E-state index in [0.29, 0.717) is 5.56 Å². The van der Waals surface area contributed by atoms with Gasteiger partial charge in [-0.25, -0.2) is 0 Å². The third-order valence-corrected chi connectivity index (χ3v) is 6.61. The van der Waals surface area contributed by atoms with Crippen molar-refractivity contribution >= 4 is 54.5 Å². The number of carbonyl (C=O) groups excluding carboxylic acids is 1. The van der Waals surface area contributed by atoms with E-state index in [-0.39, 0.29) is 62.3 Å². The van der Waals surface area contributed by atoms with E-state index in [1.165, 1.54) is 5.69 Å². The number of nitrogens with one attached hydrogen (secondary N) is 1. The van der Waals surface area contributed by atoms with Crippen LogP contribution >= 0.6 is 37.2 Å². The number of benzene rings is 2. The number of hydrogen-bond acceptors (Lipinski definition) is 7. The Hall–Kier alpha value is -1.78. The molecule has 2 aliphatic heterocycles. The minimum atomic E-state index is -0.806. The Bertz CT molecular complexity index is 915. The van der Waals surface area contributed by atoms with Crippen LogP contribution < -0.4 is 15.1 Å². The predicted octanol–water partition coefficient (Wildman–Crippen LogP) is 2.06. The molecule has 4 atom stereocenters. The average Bonchev–Trinajstić information content (AvgIpc) is 3.18. The van der Waals surface area contributed by atoms with Crippen molar-refractivity contribution in [2.45, 2.75) is 24.4 Å². The molecule has 2 aliphatic rings. The Balaban J connectivity index is 0.00000216. The number of para-hydroxylation sites is 1. The topological polar surface area (TPSA) is 88.5 Å². The monoisotopic (exact) mass is 562 g/mol. The number of nitrogens with zero attached hydrogens (tertiary/aromatic N) is 3. The number of carbonyl (C=O) groups is 1. The Morgan fingerprint density at radius 3 is 2.14 bits per heavy atom. The summed E-state index contributed by atoms with van der Waals surface area (Å²) in [7, 11) is 3.91. The molecule has 0 unspecified atom stereocenters. The summed E-state index contributed by atoms with van der Waals surface area (Å²) in [5, 5.41) is 23.5. The van der Waals surface area contributed by atoms with Gasteiger partial charge in [0.05, 0.1) is 18.8 Å². The van der Waals surface area contributed by atoms with E-state index in [9.17, 15) is 15.0 Å². The molecular weight excluding hydrogens is 527 g/mol. The summed E-state index contributed by atoms with van der Waals surface area (Å²) in [6.45, 7) is 3.25. The lowest BCUT2D eigenvalue weighted by Gasteiger charge is -2.41. The van der Waals surface area contributed by atoms with E-state index >= 15 is 0 Å². The zero-order chi connectivity index (χ0) is 23.4. The third-order valence-electron chi connectivity index (χ3n) is 6.61. The largest absolute Gasteiger partial charge is 0.394 e. The van der Waals surface area contributed by atoms with Crippen LogP contribution in [0.4, 0.5) is 11.4 Å². The smallest absolute Gasteiger partial charge is 0.251 e. The Kier molecular flexibility index (Phi) is 13.3. The van der Waals surface area contributed by atoms with E-state index < -0.39 is 18.3 Å². The van der Waals surface area contributed by atoms with Crippen molar-refractivity contribution in [2.24, 2.45) is 0 Å². The van der Waals surface area contributed by atoms with Crippen molar-refractivity contribution in [1.82, 2.24) is 10.2 Å². The summed E-state index contributed by atoms with van der Waals surface area (Å²) >= 11 is 0. The third kappa shape index (κ3) is 7.38. The fourth-order valence-electron chi connectivity index (χ4n) is 4.72. The normalized spacial score (nSPS) is 23.6. The first-order chi connectivity index (χ1) is 16.0. The lowest BCUT2D eigenvalue weighted by Crippen LogP contribution is -2.57. The molecule has 0 radical (unpaired) electrons. The molecule has 3 N–H and O–H groups in total. The first kappa shape index (κ1) is 32.2. The van der Waals surface area contributed by atoms with Crippen molar-refractivity contribution < 1.29 is 19.7 Å². The van der Waals surface area contributed by atoms with Gasteiger partial charge in [-0.15, -0.1) is 37.2 Å². The highest BCUT2D eigenvalue weighted by Gasteiger charge is 2.46. The molecule has 0 aromatic heterocycles. The molecule has 8 nitrogen and oxygen atoms in total. The number of halogens is 3. The van der Waals surface area contributed by atoms with Crippen molar-refractivity contribution in [3.8, 4) is 0 Å². The number of hydrogen-bond donors (Lipinski definition) is 3. The molecule has 4 rings (SSSR count). The van der Waals surface area contributed by atoms with E-state index in [1.807, 2.05) is 49.3 Å². The number of aliphatic hydroxyl groups excluding tert-OH is 2. The molecule has 2 aromatic rings. The highest BCUT2D eigenvalue weighted by molar-refractivity contribution is 5.94. The van der Waals surface area contributed by atoms with Crippen molar-refractivity contribution in [1.29, 1.82) is 0 Å². The van der Waals surface area contributed by atoms with E-state index in [4.69, 9.17) is 4.74 Å². The summed E-state index contributed by atoms with van der Waals surface area (Å²) in [5.41, 5.74) is 2.79. The van der Waals surface area contributed by atoms with Gasteiger partial charge in [0.1, 0.15) is 12.2 Å². The summed E-state index contributed by atoms with van der Waals surface area (Å²) in [4.78, 5) is 19.2. The Morgan fingerprint density at radius 1 is 0.972 bits per heavy atom. The Morgan fingerprint density at radius 2 is 1.58 bits per heavy atom. The standard InChI is InChI=1S/C25H34N4O4.3ClH/c1-27(2)19-10-8-18(9-11-19)25(32)26-16-21-23(24(31)22(17-30)33-21)29-14-12-28(13-15-29)20-6-4-3-5-7-20;;;/h3-11,21-24,30-31H,12-17H2,1-2H3,(H,26,32);3*1H/t21-,22+,23+,24-;;;/m1.../s1. The van der Waals surface area contributed by atoms with Gasteiger partial charge in [-0.2, -0.15) is 0 Å². The van der Waals surface area contributed by atoms with Gasteiger partial charge in [-0.3, -0.25) is 9.69 Å². The van der Waals surface area contributed by atoms with Crippen LogP contribution in [0.2, 0.25) is 0 Å². The van der Waals surface area contributed by atoms with Crippen LogP contribution in [0.1, 0.15) is 10.4 Å². The molecule has 202 valence electrons. The van der Waals surface area contributed by atoms with Crippen molar-refractivity contribution in [3.63, 3.8) is 0 Å². The van der Waals surface area contributed by atoms with Crippen LogP contribution in [0.5, 0.6) is 0 Å². The zero-order valence-corrected chi connectivity index (χ0v) is 23.0. The van der Waals surface area contributed by atoms with Crippen LogP contribution in [0.15, 0.2) is 54.6 Å². The lowest BCUT2D eigenvalue weighted by molar-refractivity contribution is -0.0209.